The van der Waals surface area contributed by atoms with Crippen molar-refractivity contribution in [2.75, 3.05) is 5.73 Å². The predicted molar refractivity (Wildman–Crippen MR) is 149 cm³/mol. The van der Waals surface area contributed by atoms with Crippen LogP contribution in [0.5, 0.6) is 0 Å². The van der Waals surface area contributed by atoms with Gasteiger partial charge >= 0.3 is 0 Å². The number of hydrogen-bond acceptors (Lipinski definition) is 6. The number of benzene rings is 2. The Balaban J connectivity index is 1.41. The number of carbonyl (C=O) groups excluding carboxylic acids is 1. The summed E-state index contributed by atoms with van der Waals surface area (Å²) in [6.07, 6.45) is 5.20. The normalized spacial score (nSPS) is 11.9. The third kappa shape index (κ3) is 4.38. The summed E-state index contributed by atoms with van der Waals surface area (Å²) in [5, 5.41) is 12.5. The smallest absolute Gasteiger partial charge is 0.259 e. The molecule has 0 saturated heterocycles. The average Bonchev–Trinajstić information content (AvgIpc) is 3.58. The Kier molecular flexibility index (Phi) is 5.85. The van der Waals surface area contributed by atoms with E-state index in [2.05, 4.69) is 32.3 Å². The summed E-state index contributed by atoms with van der Waals surface area (Å²) in [7, 11) is 1.88. The molecule has 0 bridgehead atoms. The summed E-state index contributed by atoms with van der Waals surface area (Å²) in [6, 6.07) is 17.1. The van der Waals surface area contributed by atoms with E-state index in [1.54, 1.807) is 23.1 Å². The van der Waals surface area contributed by atoms with E-state index in [4.69, 9.17) is 10.2 Å². The lowest BCUT2D eigenvalue weighted by molar-refractivity contribution is 0.0938. The van der Waals surface area contributed by atoms with Crippen molar-refractivity contribution in [1.29, 1.82) is 0 Å². The molecule has 2 aromatic carbocycles. The summed E-state index contributed by atoms with van der Waals surface area (Å²) in [5.74, 6) is 6.82. The van der Waals surface area contributed by atoms with Gasteiger partial charge in [-0.15, -0.1) is 5.10 Å². The fourth-order valence-electron chi connectivity index (χ4n) is 4.72. The molecule has 3 N–H and O–H groups in total. The van der Waals surface area contributed by atoms with Crippen LogP contribution >= 0.6 is 0 Å². The molecule has 0 aliphatic rings. The maximum Gasteiger partial charge on any atom is 0.259 e. The van der Waals surface area contributed by atoms with E-state index in [1.165, 1.54) is 4.52 Å². The molecule has 0 fully saturated rings. The lowest BCUT2D eigenvalue weighted by atomic mass is 9.98. The molecule has 9 nitrogen and oxygen atoms in total. The number of furan rings is 1. The molecule has 4 heterocycles. The quantitative estimate of drug-likeness (QED) is 0.330. The highest BCUT2D eigenvalue weighted by molar-refractivity contribution is 6.04. The highest BCUT2D eigenvalue weighted by atomic mass is 16.3. The average molecular weight is 516 g/mol. The number of anilines is 1. The zero-order valence-electron chi connectivity index (χ0n) is 21.6. The lowest BCUT2D eigenvalue weighted by Crippen LogP contribution is -2.27. The first kappa shape index (κ1) is 24.0. The molecule has 0 aliphatic carbocycles. The number of nitrogens with one attached hydrogen (secondary N) is 1. The number of nitrogens with two attached hydrogens (primary N) is 1. The van der Waals surface area contributed by atoms with Gasteiger partial charge in [-0.3, -0.25) is 9.48 Å². The Morgan fingerprint density at radius 1 is 1.10 bits per heavy atom. The number of hydrogen-bond donors (Lipinski definition) is 2. The van der Waals surface area contributed by atoms with Crippen LogP contribution < -0.4 is 11.1 Å². The van der Waals surface area contributed by atoms with Gasteiger partial charge in [0.15, 0.2) is 11.5 Å². The van der Waals surface area contributed by atoms with Crippen LogP contribution in [0.15, 0.2) is 77.6 Å². The molecule has 6 aromatic rings. The van der Waals surface area contributed by atoms with E-state index in [-0.39, 0.29) is 17.3 Å². The zero-order valence-corrected chi connectivity index (χ0v) is 21.6. The van der Waals surface area contributed by atoms with Crippen LogP contribution in [0.3, 0.4) is 0 Å². The van der Waals surface area contributed by atoms with Crippen molar-refractivity contribution in [2.24, 2.45) is 7.05 Å². The van der Waals surface area contributed by atoms with Gasteiger partial charge in [-0.1, -0.05) is 42.2 Å². The Bertz CT molecular complexity index is 1920. The van der Waals surface area contributed by atoms with E-state index < -0.39 is 6.04 Å². The third-order valence-electron chi connectivity index (χ3n) is 6.52. The van der Waals surface area contributed by atoms with Crippen LogP contribution in [-0.4, -0.2) is 30.3 Å². The molecule has 0 aliphatic heterocycles. The van der Waals surface area contributed by atoms with Crippen LogP contribution in [-0.2, 0) is 7.05 Å². The first-order valence-corrected chi connectivity index (χ1v) is 12.4. The number of rotatable bonds is 4. The van der Waals surface area contributed by atoms with Crippen molar-refractivity contribution in [3.63, 3.8) is 0 Å². The molecule has 0 spiro atoms. The number of nitrogens with zero attached hydrogens (tertiary/aromatic N) is 5. The molecular formula is C30H25N7O2. The van der Waals surface area contributed by atoms with Crippen molar-refractivity contribution in [3.05, 3.63) is 101 Å². The number of aryl methyl sites for hydroxylation is 2. The fourth-order valence-corrected chi connectivity index (χ4v) is 4.72. The number of nitrogen functional groups attached to an aromatic ring is 1. The van der Waals surface area contributed by atoms with Gasteiger partial charge in [-0.2, -0.15) is 5.10 Å². The topological polar surface area (TPSA) is 116 Å². The van der Waals surface area contributed by atoms with Crippen LogP contribution in [0.25, 0.3) is 27.7 Å². The minimum Gasteiger partial charge on any atom is -0.458 e. The summed E-state index contributed by atoms with van der Waals surface area (Å²) < 4.78 is 9.59. The van der Waals surface area contributed by atoms with Gasteiger partial charge in [0.05, 0.1) is 17.3 Å². The van der Waals surface area contributed by atoms with Crippen LogP contribution in [0.2, 0.25) is 0 Å². The molecule has 192 valence electrons. The standard InChI is InChI=1S/C30H25N7O2/c1-18-22(17-36(3)34-18)12-10-20-11-13-24-23(16-20)25(21-8-5-4-6-9-21)27(39-24)19(2)33-30(38)26-28(31)35-37-15-7-14-32-29(26)37/h4-9,11,13-17,19H,1-3H3,(H2,31,35)(H,33,38). The summed E-state index contributed by atoms with van der Waals surface area (Å²) in [4.78, 5) is 17.6. The second kappa shape index (κ2) is 9.50. The van der Waals surface area contributed by atoms with Gasteiger partial charge in [0.2, 0.25) is 0 Å². The second-order valence-corrected chi connectivity index (χ2v) is 9.31. The number of carbonyl (C=O) groups is 1. The van der Waals surface area contributed by atoms with Gasteiger partial charge in [-0.05, 0) is 43.7 Å². The Morgan fingerprint density at radius 2 is 1.92 bits per heavy atom. The van der Waals surface area contributed by atoms with E-state index in [0.717, 1.165) is 33.3 Å². The Labute approximate surface area is 224 Å². The Morgan fingerprint density at radius 3 is 2.69 bits per heavy atom. The SMILES string of the molecule is Cc1nn(C)cc1C#Cc1ccc2oc(C(C)NC(=O)c3c(N)nn4cccnc34)c(-c3ccccc3)c2c1. The van der Waals surface area contributed by atoms with Gasteiger partial charge in [-0.25, -0.2) is 9.50 Å². The van der Waals surface area contributed by atoms with E-state index >= 15 is 0 Å². The van der Waals surface area contributed by atoms with E-state index in [0.29, 0.717) is 17.0 Å². The summed E-state index contributed by atoms with van der Waals surface area (Å²) in [5.41, 5.74) is 11.9. The molecule has 0 radical (unpaired) electrons. The zero-order chi connectivity index (χ0) is 27.1. The third-order valence-corrected chi connectivity index (χ3v) is 6.52. The van der Waals surface area contributed by atoms with Gasteiger partial charge in [0.1, 0.15) is 16.9 Å². The first-order chi connectivity index (χ1) is 18.9. The van der Waals surface area contributed by atoms with E-state index in [1.807, 2.05) is 75.6 Å². The monoisotopic (exact) mass is 515 g/mol. The highest BCUT2D eigenvalue weighted by Gasteiger charge is 2.25. The van der Waals surface area contributed by atoms with Crippen molar-refractivity contribution in [1.82, 2.24) is 29.7 Å². The molecule has 6 rings (SSSR count). The number of fused-ring (bicyclic) bond motifs is 2. The first-order valence-electron chi connectivity index (χ1n) is 12.4. The summed E-state index contributed by atoms with van der Waals surface area (Å²) >= 11 is 0. The maximum atomic E-state index is 13.3. The molecule has 9 heteroatoms. The van der Waals surface area contributed by atoms with Crippen LogP contribution in [0.4, 0.5) is 5.82 Å². The highest BCUT2D eigenvalue weighted by Crippen LogP contribution is 2.38. The minimum absolute atomic E-state index is 0.110. The maximum absolute atomic E-state index is 13.3. The van der Waals surface area contributed by atoms with Crippen LogP contribution in [0.1, 0.15) is 45.9 Å². The predicted octanol–water partition coefficient (Wildman–Crippen LogP) is 4.66. The van der Waals surface area contributed by atoms with Crippen molar-refractivity contribution in [3.8, 4) is 23.0 Å². The minimum atomic E-state index is -0.481. The van der Waals surface area contributed by atoms with E-state index in [9.17, 15) is 4.79 Å². The van der Waals surface area contributed by atoms with Gasteiger partial charge in [0.25, 0.3) is 5.91 Å². The number of amides is 1. The summed E-state index contributed by atoms with van der Waals surface area (Å²) in [6.45, 7) is 3.82. The Hall–Kier alpha value is -5.36. The molecule has 1 amide bonds. The fraction of sp³-hybridized carbons (Fsp3) is 0.133. The molecule has 4 aromatic heterocycles. The van der Waals surface area contributed by atoms with Gasteiger partial charge in [0, 0.05) is 42.2 Å². The largest absolute Gasteiger partial charge is 0.458 e. The molecule has 0 saturated carbocycles. The van der Waals surface area contributed by atoms with Crippen molar-refractivity contribution >= 4 is 28.3 Å². The van der Waals surface area contributed by atoms with Crippen molar-refractivity contribution < 1.29 is 9.21 Å². The molecule has 1 atom stereocenters. The second-order valence-electron chi connectivity index (χ2n) is 9.31. The molecule has 39 heavy (non-hydrogen) atoms. The molecular weight excluding hydrogens is 490 g/mol. The van der Waals surface area contributed by atoms with Gasteiger partial charge < -0.3 is 15.5 Å². The van der Waals surface area contributed by atoms with Crippen molar-refractivity contribution in [2.45, 2.75) is 19.9 Å². The van der Waals surface area contributed by atoms with Crippen LogP contribution in [0, 0.1) is 18.8 Å². The molecule has 1 unspecified atom stereocenters. The number of aromatic nitrogens is 5. The lowest BCUT2D eigenvalue weighted by Gasteiger charge is -2.14.